The number of aryl methyl sites for hydroxylation is 1. The normalized spacial score (nSPS) is 30.5. The quantitative estimate of drug-likeness (QED) is 0.604. The van der Waals surface area contributed by atoms with Crippen LogP contribution in [0.2, 0.25) is 0 Å². The first-order valence-electron chi connectivity index (χ1n) is 11.2. The zero-order chi connectivity index (χ0) is 23.8. The summed E-state index contributed by atoms with van der Waals surface area (Å²) in [6.45, 7) is 8.57. The lowest BCUT2D eigenvalue weighted by atomic mass is 9.54. The summed E-state index contributed by atoms with van der Waals surface area (Å²) in [5, 5.41) is 31.3. The van der Waals surface area contributed by atoms with E-state index in [9.17, 15) is 19.8 Å². The molecule has 2 heterocycles. The molecule has 8 nitrogen and oxygen atoms in total. The second-order valence-electron chi connectivity index (χ2n) is 8.58. The Kier molecular flexibility index (Phi) is 6.58. The predicted molar refractivity (Wildman–Crippen MR) is 118 cm³/mol. The van der Waals surface area contributed by atoms with E-state index in [0.717, 1.165) is 11.1 Å². The molecule has 3 N–H and O–H groups in total. The molecule has 8 heteroatoms. The number of carboxylic acid groups (broad SMARTS) is 1. The summed E-state index contributed by atoms with van der Waals surface area (Å²) in [5.41, 5.74) is -0.458. The Morgan fingerprint density at radius 1 is 1.28 bits per heavy atom. The van der Waals surface area contributed by atoms with Gasteiger partial charge in [0.15, 0.2) is 17.6 Å². The number of piperidine rings is 1. The van der Waals surface area contributed by atoms with E-state index in [2.05, 4.69) is 4.90 Å². The summed E-state index contributed by atoms with van der Waals surface area (Å²) in [4.78, 5) is 25.1. The van der Waals surface area contributed by atoms with Gasteiger partial charge in [-0.15, -0.1) is 0 Å². The third-order valence-corrected chi connectivity index (χ3v) is 7.11. The molecule has 4 unspecified atom stereocenters. The highest BCUT2D eigenvalue weighted by Gasteiger charge is 2.69. The lowest BCUT2D eigenvalue weighted by Crippen LogP contribution is -2.71. The number of phenols is 1. The summed E-state index contributed by atoms with van der Waals surface area (Å²) in [7, 11) is 1.96. The number of rotatable bonds is 4. The van der Waals surface area contributed by atoms with E-state index in [-0.39, 0.29) is 36.8 Å². The number of aliphatic carboxylic acids is 1. The van der Waals surface area contributed by atoms with Gasteiger partial charge in [-0.1, -0.05) is 19.9 Å². The number of likely N-dealkylation sites (tertiary alicyclic amines) is 1. The number of fused-ring (bicyclic) bond motifs is 1. The molecule has 0 aromatic heterocycles. The van der Waals surface area contributed by atoms with Crippen LogP contribution in [-0.2, 0) is 19.7 Å². The van der Waals surface area contributed by atoms with Crippen LogP contribution in [0, 0.1) is 6.92 Å². The molecule has 176 valence electrons. The number of hydrogen-bond acceptors (Lipinski definition) is 7. The molecule has 1 aliphatic carbocycles. The van der Waals surface area contributed by atoms with Gasteiger partial charge in [-0.25, -0.2) is 0 Å². The second-order valence-corrected chi connectivity index (χ2v) is 8.58. The summed E-state index contributed by atoms with van der Waals surface area (Å²) >= 11 is 0. The molecule has 32 heavy (non-hydrogen) atoms. The first-order valence-corrected chi connectivity index (χ1v) is 11.2. The molecule has 1 saturated heterocycles. The van der Waals surface area contributed by atoms with Crippen molar-refractivity contribution in [1.82, 2.24) is 4.90 Å². The number of aliphatic hydroxyl groups is 1. The third-order valence-electron chi connectivity index (χ3n) is 7.11. The maximum atomic E-state index is 12.3. The molecule has 1 spiro atoms. The van der Waals surface area contributed by atoms with Crippen LogP contribution in [0.4, 0.5) is 0 Å². The number of carboxylic acids is 1. The maximum absolute atomic E-state index is 12.3. The van der Waals surface area contributed by atoms with Gasteiger partial charge >= 0.3 is 11.9 Å². The van der Waals surface area contributed by atoms with Crippen molar-refractivity contribution in [3.05, 3.63) is 35.1 Å². The highest BCUT2D eigenvalue weighted by molar-refractivity contribution is 5.77. The Labute approximate surface area is 188 Å². The molecule has 0 saturated carbocycles. The van der Waals surface area contributed by atoms with Crippen LogP contribution in [0.5, 0.6) is 11.5 Å². The fourth-order valence-corrected chi connectivity index (χ4v) is 5.40. The van der Waals surface area contributed by atoms with E-state index in [1.165, 1.54) is 0 Å². The van der Waals surface area contributed by atoms with E-state index in [4.69, 9.17) is 14.6 Å². The van der Waals surface area contributed by atoms with Crippen molar-refractivity contribution in [3.63, 3.8) is 0 Å². The molecular formula is C24H33NO7. The number of carbonyl (C=O) groups excluding carboxylic acids is 1. The first-order chi connectivity index (χ1) is 15.1. The zero-order valence-electron chi connectivity index (χ0n) is 19.3. The van der Waals surface area contributed by atoms with Gasteiger partial charge in [0.2, 0.25) is 0 Å². The standard InChI is InChI=1S/C22H27NO7.C2H6/c1-12-4-5-14(24)19-18(12)21-10-11-23(3)13(2)22(21,28)9-8-15(20(21)30-19)29-17(27)7-6-16(25)26;1-2/h4-5,8,13,20,24,28H,6-7,9-11H2,1-3H3,(H,25,26);1-2H3. The summed E-state index contributed by atoms with van der Waals surface area (Å²) < 4.78 is 11.7. The summed E-state index contributed by atoms with van der Waals surface area (Å²) in [5.74, 6) is -1.19. The highest BCUT2D eigenvalue weighted by Crippen LogP contribution is 2.62. The molecule has 2 aliphatic heterocycles. The number of likely N-dealkylation sites (N-methyl/N-ethyl adjacent to an activating group) is 1. The number of esters is 1. The van der Waals surface area contributed by atoms with E-state index in [1.807, 2.05) is 34.7 Å². The minimum atomic E-state index is -1.20. The molecular weight excluding hydrogens is 414 g/mol. The van der Waals surface area contributed by atoms with Crippen molar-refractivity contribution >= 4 is 11.9 Å². The average molecular weight is 448 g/mol. The monoisotopic (exact) mass is 447 g/mol. The van der Waals surface area contributed by atoms with Crippen molar-refractivity contribution in [3.8, 4) is 11.5 Å². The first kappa shape index (κ1) is 24.1. The molecule has 1 aromatic carbocycles. The highest BCUT2D eigenvalue weighted by atomic mass is 16.6. The Hall–Kier alpha value is -2.58. The molecule has 1 aromatic rings. The van der Waals surface area contributed by atoms with Crippen LogP contribution in [-0.4, -0.2) is 63.5 Å². The largest absolute Gasteiger partial charge is 0.504 e. The molecule has 4 rings (SSSR count). The lowest BCUT2D eigenvalue weighted by Gasteiger charge is -2.58. The van der Waals surface area contributed by atoms with Crippen LogP contribution in [0.15, 0.2) is 24.0 Å². The fourth-order valence-electron chi connectivity index (χ4n) is 5.40. The Balaban J connectivity index is 0.00000141. The topological polar surface area (TPSA) is 117 Å². The Bertz CT molecular complexity index is 943. The van der Waals surface area contributed by atoms with Crippen molar-refractivity contribution in [2.75, 3.05) is 13.6 Å². The number of hydrogen-bond donors (Lipinski definition) is 3. The predicted octanol–water partition coefficient (Wildman–Crippen LogP) is 2.88. The van der Waals surface area contributed by atoms with Crippen LogP contribution < -0.4 is 4.74 Å². The van der Waals surface area contributed by atoms with Gasteiger partial charge < -0.3 is 29.7 Å². The minimum Gasteiger partial charge on any atom is -0.504 e. The molecule has 0 amide bonds. The van der Waals surface area contributed by atoms with E-state index >= 15 is 0 Å². The number of nitrogens with zero attached hydrogens (tertiary/aromatic N) is 1. The van der Waals surface area contributed by atoms with Gasteiger partial charge in [-0.3, -0.25) is 9.59 Å². The van der Waals surface area contributed by atoms with Crippen LogP contribution >= 0.6 is 0 Å². The summed E-state index contributed by atoms with van der Waals surface area (Å²) in [6.07, 6.45) is 1.09. The van der Waals surface area contributed by atoms with Gasteiger partial charge in [-0.2, -0.15) is 0 Å². The van der Waals surface area contributed by atoms with Crippen LogP contribution in [0.1, 0.15) is 57.6 Å². The third kappa shape index (κ3) is 3.46. The molecule has 0 bridgehead atoms. The van der Waals surface area contributed by atoms with Gasteiger partial charge in [0, 0.05) is 18.0 Å². The number of benzene rings is 1. The second kappa shape index (κ2) is 8.75. The maximum Gasteiger partial charge on any atom is 0.311 e. The van der Waals surface area contributed by atoms with Crippen molar-refractivity contribution in [2.24, 2.45) is 0 Å². The molecule has 1 fully saturated rings. The average Bonchev–Trinajstić information content (AvgIpc) is 3.14. The van der Waals surface area contributed by atoms with Gasteiger partial charge in [0.1, 0.15) is 5.76 Å². The molecule has 3 aliphatic rings. The van der Waals surface area contributed by atoms with Crippen molar-refractivity contribution in [2.45, 2.75) is 76.5 Å². The number of ether oxygens (including phenoxy) is 2. The summed E-state index contributed by atoms with van der Waals surface area (Å²) in [6, 6.07) is 3.15. The SMILES string of the molecule is CC.Cc1ccc(O)c2c1C13CCN(C)C(C)C1(O)CC=C(OC(=O)CCC(=O)O)C3O2. The smallest absolute Gasteiger partial charge is 0.311 e. The zero-order valence-corrected chi connectivity index (χ0v) is 19.3. The van der Waals surface area contributed by atoms with Crippen molar-refractivity contribution in [1.29, 1.82) is 0 Å². The number of phenolic OH excluding ortho intramolecular Hbond substituents is 1. The minimum absolute atomic E-state index is 0.0233. The Morgan fingerprint density at radius 2 is 1.97 bits per heavy atom. The fraction of sp³-hybridized carbons (Fsp3) is 0.583. The van der Waals surface area contributed by atoms with Gasteiger partial charge in [0.05, 0.1) is 23.9 Å². The van der Waals surface area contributed by atoms with Gasteiger partial charge in [0.25, 0.3) is 0 Å². The van der Waals surface area contributed by atoms with Crippen LogP contribution in [0.3, 0.4) is 0 Å². The molecule has 4 atom stereocenters. The lowest BCUT2D eigenvalue weighted by molar-refractivity contribution is -0.162. The number of carbonyl (C=O) groups is 2. The molecule has 0 radical (unpaired) electrons. The Morgan fingerprint density at radius 3 is 2.62 bits per heavy atom. The van der Waals surface area contributed by atoms with Gasteiger partial charge in [-0.05, 0) is 51.6 Å². The van der Waals surface area contributed by atoms with Crippen LogP contribution in [0.25, 0.3) is 0 Å². The van der Waals surface area contributed by atoms with E-state index in [1.54, 1.807) is 18.2 Å². The van der Waals surface area contributed by atoms with E-state index in [0.29, 0.717) is 18.7 Å². The number of aromatic hydroxyl groups is 1. The van der Waals surface area contributed by atoms with Crippen molar-refractivity contribution < 1.29 is 34.4 Å². The van der Waals surface area contributed by atoms with E-state index < -0.39 is 29.1 Å².